The van der Waals surface area contributed by atoms with Gasteiger partial charge >= 0.3 is 0 Å². The number of halogens is 1. The number of aromatic nitrogens is 3. The normalized spacial score (nSPS) is 27.5. The van der Waals surface area contributed by atoms with Crippen molar-refractivity contribution in [2.45, 2.75) is 38.1 Å². The van der Waals surface area contributed by atoms with Crippen LogP contribution in [0.4, 0.5) is 21.8 Å². The highest BCUT2D eigenvalue weighted by molar-refractivity contribution is 5.82. The third-order valence-corrected chi connectivity index (χ3v) is 6.99. The Morgan fingerprint density at radius 3 is 2.84 bits per heavy atom. The Hall–Kier alpha value is -2.81. The summed E-state index contributed by atoms with van der Waals surface area (Å²) in [5, 5.41) is 15.6. The van der Waals surface area contributed by atoms with Gasteiger partial charge in [0.2, 0.25) is 11.9 Å². The number of carbonyl (C=O) groups is 1. The van der Waals surface area contributed by atoms with Gasteiger partial charge in [-0.25, -0.2) is 9.37 Å². The third kappa shape index (κ3) is 3.60. The highest BCUT2D eigenvalue weighted by Gasteiger charge is 2.68. The van der Waals surface area contributed by atoms with Crippen molar-refractivity contribution in [3.05, 3.63) is 36.0 Å². The third-order valence-electron chi connectivity index (χ3n) is 6.99. The zero-order chi connectivity index (χ0) is 21.8. The Labute approximate surface area is 180 Å². The lowest BCUT2D eigenvalue weighted by atomic mass is 10.1. The molecule has 2 saturated carbocycles. The lowest BCUT2D eigenvalue weighted by Crippen LogP contribution is -2.45. The van der Waals surface area contributed by atoms with Crippen molar-refractivity contribution in [2.75, 3.05) is 29.9 Å². The van der Waals surface area contributed by atoms with E-state index in [1.165, 1.54) is 6.20 Å². The molecule has 2 aromatic rings. The Balaban J connectivity index is 1.30. The summed E-state index contributed by atoms with van der Waals surface area (Å²) in [5.41, 5.74) is 1.20. The lowest BCUT2D eigenvalue weighted by molar-refractivity contribution is -0.123. The summed E-state index contributed by atoms with van der Waals surface area (Å²) < 4.78 is 14.6. The number of aliphatic hydroxyl groups is 1. The second-order valence-electron chi connectivity index (χ2n) is 9.13. The van der Waals surface area contributed by atoms with Gasteiger partial charge in [-0.1, -0.05) is 13.8 Å². The fourth-order valence-corrected chi connectivity index (χ4v) is 4.64. The molecule has 0 aromatic carbocycles. The van der Waals surface area contributed by atoms with E-state index >= 15 is 0 Å². The number of aliphatic hydroxyl groups excluding tert-OH is 1. The molecule has 4 atom stereocenters. The SMILES string of the molecule is CC(CO)c1ccc(Nc2ncc(F)c(N3C[C@H]4[C@@H](C)[C@@]4(NC(=O)C4CC4)C3)n2)cn1. The molecule has 2 aromatic heterocycles. The molecule has 1 amide bonds. The molecule has 0 radical (unpaired) electrons. The van der Waals surface area contributed by atoms with Crippen LogP contribution in [-0.4, -0.2) is 51.2 Å². The maximum absolute atomic E-state index is 14.6. The zero-order valence-electron chi connectivity index (χ0n) is 17.7. The number of rotatable bonds is 7. The van der Waals surface area contributed by atoms with Crippen molar-refractivity contribution in [2.24, 2.45) is 17.8 Å². The number of nitrogens with one attached hydrogen (secondary N) is 2. The van der Waals surface area contributed by atoms with Crippen molar-refractivity contribution < 1.29 is 14.3 Å². The summed E-state index contributed by atoms with van der Waals surface area (Å²) in [4.78, 5) is 27.0. The van der Waals surface area contributed by atoms with Crippen LogP contribution >= 0.6 is 0 Å². The molecule has 3 N–H and O–H groups in total. The monoisotopic (exact) mass is 426 g/mol. The number of hydrogen-bond acceptors (Lipinski definition) is 7. The predicted octanol–water partition coefficient (Wildman–Crippen LogP) is 2.20. The van der Waals surface area contributed by atoms with Gasteiger partial charge in [-0.2, -0.15) is 4.98 Å². The molecule has 9 heteroatoms. The van der Waals surface area contributed by atoms with Crippen LogP contribution in [0.1, 0.15) is 38.3 Å². The summed E-state index contributed by atoms with van der Waals surface area (Å²) in [6.45, 7) is 5.29. The molecule has 1 saturated heterocycles. The van der Waals surface area contributed by atoms with Gasteiger partial charge in [-0.3, -0.25) is 9.78 Å². The Bertz CT molecular complexity index is 998. The van der Waals surface area contributed by atoms with Crippen LogP contribution in [0.3, 0.4) is 0 Å². The molecule has 3 aliphatic rings. The van der Waals surface area contributed by atoms with E-state index in [1.807, 2.05) is 24.0 Å². The average molecular weight is 426 g/mol. The standard InChI is InChI=1S/C22H27FN6O2/c1-12(10-30)18-6-5-15(7-24-18)26-21-25-8-17(23)19(27-21)29-9-16-13(2)22(16,11-29)28-20(31)14-3-4-14/h5-8,12-14,16,30H,3-4,9-11H2,1-2H3,(H,28,31)(H,25,26,27)/t12?,13-,16+,22+/m1/s1. The van der Waals surface area contributed by atoms with E-state index in [4.69, 9.17) is 0 Å². The minimum Gasteiger partial charge on any atom is -0.396 e. The van der Waals surface area contributed by atoms with Crippen molar-refractivity contribution in [3.63, 3.8) is 0 Å². The first-order chi connectivity index (χ1) is 14.9. The van der Waals surface area contributed by atoms with E-state index in [2.05, 4.69) is 32.5 Å². The van der Waals surface area contributed by atoms with Gasteiger partial charge in [0.05, 0.1) is 30.2 Å². The summed E-state index contributed by atoms with van der Waals surface area (Å²) in [6.07, 6.45) is 4.75. The van der Waals surface area contributed by atoms with Crippen molar-refractivity contribution >= 4 is 23.4 Å². The van der Waals surface area contributed by atoms with Gasteiger partial charge in [0, 0.05) is 36.5 Å². The van der Waals surface area contributed by atoms with Crippen LogP contribution in [0.25, 0.3) is 0 Å². The fourth-order valence-electron chi connectivity index (χ4n) is 4.64. The first-order valence-corrected chi connectivity index (χ1v) is 10.8. The number of amides is 1. The molecule has 0 bridgehead atoms. The maximum Gasteiger partial charge on any atom is 0.229 e. The summed E-state index contributed by atoms with van der Waals surface area (Å²) in [7, 11) is 0. The second-order valence-corrected chi connectivity index (χ2v) is 9.13. The lowest BCUT2D eigenvalue weighted by Gasteiger charge is -2.25. The molecule has 1 unspecified atom stereocenters. The van der Waals surface area contributed by atoms with E-state index in [-0.39, 0.29) is 41.7 Å². The smallest absolute Gasteiger partial charge is 0.229 e. The first kappa shape index (κ1) is 20.1. The summed E-state index contributed by atoms with van der Waals surface area (Å²) in [5.74, 6) is 0.997. The van der Waals surface area contributed by atoms with Crippen LogP contribution in [-0.2, 0) is 4.79 Å². The van der Waals surface area contributed by atoms with Crippen LogP contribution in [0, 0.1) is 23.6 Å². The molecule has 0 spiro atoms. The Morgan fingerprint density at radius 2 is 2.16 bits per heavy atom. The topological polar surface area (TPSA) is 103 Å². The summed E-state index contributed by atoms with van der Waals surface area (Å²) in [6, 6.07) is 3.66. The quantitative estimate of drug-likeness (QED) is 0.624. The first-order valence-electron chi connectivity index (χ1n) is 10.8. The molecule has 1 aliphatic heterocycles. The second kappa shape index (κ2) is 7.40. The van der Waals surface area contributed by atoms with Gasteiger partial charge < -0.3 is 20.6 Å². The number of nitrogens with zero attached hydrogens (tertiary/aromatic N) is 4. The molecule has 2 aliphatic carbocycles. The van der Waals surface area contributed by atoms with E-state index in [1.54, 1.807) is 6.20 Å². The predicted molar refractivity (Wildman–Crippen MR) is 113 cm³/mol. The minimum atomic E-state index is -0.478. The molecule has 164 valence electrons. The molecular formula is C22H27FN6O2. The molecule has 3 fully saturated rings. The van der Waals surface area contributed by atoms with Crippen LogP contribution in [0.15, 0.2) is 24.5 Å². The molecular weight excluding hydrogens is 399 g/mol. The van der Waals surface area contributed by atoms with Crippen LogP contribution in [0.2, 0.25) is 0 Å². The Kier molecular flexibility index (Phi) is 4.80. The maximum atomic E-state index is 14.6. The molecule has 31 heavy (non-hydrogen) atoms. The molecule has 3 heterocycles. The fraction of sp³-hybridized carbons (Fsp3) is 0.545. The molecule has 5 rings (SSSR count). The van der Waals surface area contributed by atoms with Gasteiger partial charge in [0.1, 0.15) is 0 Å². The molecule has 8 nitrogen and oxygen atoms in total. The van der Waals surface area contributed by atoms with Crippen molar-refractivity contribution in [1.82, 2.24) is 20.3 Å². The number of hydrogen-bond donors (Lipinski definition) is 3. The highest BCUT2D eigenvalue weighted by atomic mass is 19.1. The van der Waals surface area contributed by atoms with Crippen LogP contribution < -0.4 is 15.5 Å². The Morgan fingerprint density at radius 1 is 1.35 bits per heavy atom. The van der Waals surface area contributed by atoms with E-state index in [0.29, 0.717) is 30.6 Å². The zero-order valence-corrected chi connectivity index (χ0v) is 17.7. The summed E-state index contributed by atoms with van der Waals surface area (Å²) >= 11 is 0. The van der Waals surface area contributed by atoms with E-state index in [9.17, 15) is 14.3 Å². The van der Waals surface area contributed by atoms with Gasteiger partial charge in [0.15, 0.2) is 11.6 Å². The van der Waals surface area contributed by atoms with E-state index < -0.39 is 5.82 Å². The highest BCUT2D eigenvalue weighted by Crippen LogP contribution is 2.56. The van der Waals surface area contributed by atoms with Gasteiger partial charge in [-0.05, 0) is 30.9 Å². The number of piperidine rings is 1. The minimum absolute atomic E-state index is 0.0300. The largest absolute Gasteiger partial charge is 0.396 e. The van der Waals surface area contributed by atoms with Gasteiger partial charge in [-0.15, -0.1) is 0 Å². The average Bonchev–Trinajstić information content (AvgIpc) is 3.67. The number of anilines is 3. The van der Waals surface area contributed by atoms with Crippen LogP contribution in [0.5, 0.6) is 0 Å². The van der Waals surface area contributed by atoms with E-state index in [0.717, 1.165) is 18.5 Å². The number of pyridine rings is 1. The van der Waals surface area contributed by atoms with Gasteiger partial charge in [0.25, 0.3) is 0 Å². The van der Waals surface area contributed by atoms with Crippen molar-refractivity contribution in [1.29, 1.82) is 0 Å². The number of fused-ring (bicyclic) bond motifs is 1. The number of carbonyl (C=O) groups excluding carboxylic acids is 1. The van der Waals surface area contributed by atoms with Crippen molar-refractivity contribution in [3.8, 4) is 0 Å².